The number of carbonyl (C=O) groups excluding carboxylic acids is 1. The number of amides is 1. The number of benzene rings is 1. The number of hydrogen-bond donors (Lipinski definition) is 0. The Hall–Kier alpha value is -2.60. The zero-order valence-electron chi connectivity index (χ0n) is 13.6. The lowest BCUT2D eigenvalue weighted by Gasteiger charge is -2.15. The van der Waals surface area contributed by atoms with Crippen LogP contribution >= 0.6 is 11.3 Å². The SMILES string of the molecule is CCN(C)C(=O)c1cccc(OCc2coc(-c3cccs3)n2)c1. The van der Waals surface area contributed by atoms with E-state index in [0.29, 0.717) is 29.4 Å². The molecule has 3 rings (SSSR count). The summed E-state index contributed by atoms with van der Waals surface area (Å²) in [6.45, 7) is 2.89. The molecule has 0 radical (unpaired) electrons. The molecule has 0 aliphatic heterocycles. The largest absolute Gasteiger partial charge is 0.487 e. The first kappa shape index (κ1) is 16.3. The van der Waals surface area contributed by atoms with E-state index in [-0.39, 0.29) is 12.5 Å². The van der Waals surface area contributed by atoms with Crippen molar-refractivity contribution in [3.8, 4) is 16.5 Å². The molecule has 0 saturated heterocycles. The molecule has 24 heavy (non-hydrogen) atoms. The third kappa shape index (κ3) is 3.65. The van der Waals surface area contributed by atoms with E-state index in [1.165, 1.54) is 0 Å². The van der Waals surface area contributed by atoms with Gasteiger partial charge in [-0.15, -0.1) is 11.3 Å². The zero-order chi connectivity index (χ0) is 16.9. The van der Waals surface area contributed by atoms with Crippen LogP contribution in [0, 0.1) is 0 Å². The minimum Gasteiger partial charge on any atom is -0.487 e. The molecule has 0 spiro atoms. The fraction of sp³-hybridized carbons (Fsp3) is 0.222. The third-order valence-corrected chi connectivity index (χ3v) is 4.43. The summed E-state index contributed by atoms with van der Waals surface area (Å²) < 4.78 is 11.2. The molecule has 0 aliphatic rings. The molecule has 0 atom stereocenters. The van der Waals surface area contributed by atoms with Crippen LogP contribution in [0.4, 0.5) is 0 Å². The molecule has 1 aromatic carbocycles. The molecule has 0 fully saturated rings. The summed E-state index contributed by atoms with van der Waals surface area (Å²) in [6.07, 6.45) is 1.59. The van der Waals surface area contributed by atoms with Crippen LogP contribution in [0.2, 0.25) is 0 Å². The Morgan fingerprint density at radius 1 is 1.33 bits per heavy atom. The Kier molecular flexibility index (Phi) is 4.96. The molecule has 6 heteroatoms. The van der Waals surface area contributed by atoms with Crippen molar-refractivity contribution in [2.24, 2.45) is 0 Å². The average molecular weight is 342 g/mol. The molecule has 3 aromatic rings. The fourth-order valence-electron chi connectivity index (χ4n) is 2.13. The highest BCUT2D eigenvalue weighted by Crippen LogP contribution is 2.24. The molecule has 1 amide bonds. The summed E-state index contributed by atoms with van der Waals surface area (Å²) in [5, 5.41) is 1.98. The lowest BCUT2D eigenvalue weighted by molar-refractivity contribution is 0.0802. The lowest BCUT2D eigenvalue weighted by Crippen LogP contribution is -2.26. The fourth-order valence-corrected chi connectivity index (χ4v) is 2.78. The van der Waals surface area contributed by atoms with Gasteiger partial charge in [-0.2, -0.15) is 0 Å². The number of carbonyl (C=O) groups is 1. The summed E-state index contributed by atoms with van der Waals surface area (Å²) in [4.78, 5) is 19.2. The van der Waals surface area contributed by atoms with Gasteiger partial charge in [0.1, 0.15) is 24.3 Å². The zero-order valence-corrected chi connectivity index (χ0v) is 14.4. The van der Waals surface area contributed by atoms with Crippen LogP contribution in [0.25, 0.3) is 10.8 Å². The van der Waals surface area contributed by atoms with Crippen molar-refractivity contribution < 1.29 is 13.9 Å². The summed E-state index contributed by atoms with van der Waals surface area (Å²) in [5.74, 6) is 1.20. The van der Waals surface area contributed by atoms with E-state index in [2.05, 4.69) is 4.98 Å². The van der Waals surface area contributed by atoms with Crippen molar-refractivity contribution in [3.63, 3.8) is 0 Å². The Bertz CT molecular complexity index is 811. The second-order valence-corrected chi connectivity index (χ2v) is 6.20. The number of ether oxygens (including phenoxy) is 1. The van der Waals surface area contributed by atoms with Gasteiger partial charge in [-0.05, 0) is 36.6 Å². The van der Waals surface area contributed by atoms with Crippen LogP contribution in [0.5, 0.6) is 5.75 Å². The van der Waals surface area contributed by atoms with Gasteiger partial charge in [0.25, 0.3) is 5.91 Å². The molecule has 2 heterocycles. The van der Waals surface area contributed by atoms with E-state index in [1.54, 1.807) is 41.7 Å². The molecule has 124 valence electrons. The molecule has 5 nitrogen and oxygen atoms in total. The first-order valence-electron chi connectivity index (χ1n) is 7.64. The number of thiophene rings is 1. The van der Waals surface area contributed by atoms with Gasteiger partial charge in [-0.1, -0.05) is 12.1 Å². The van der Waals surface area contributed by atoms with Gasteiger partial charge >= 0.3 is 0 Å². The van der Waals surface area contributed by atoms with Crippen molar-refractivity contribution in [2.75, 3.05) is 13.6 Å². The monoisotopic (exact) mass is 342 g/mol. The van der Waals surface area contributed by atoms with Gasteiger partial charge in [-0.25, -0.2) is 4.98 Å². The summed E-state index contributed by atoms with van der Waals surface area (Å²) in [7, 11) is 1.78. The maximum absolute atomic E-state index is 12.2. The topological polar surface area (TPSA) is 55.6 Å². The standard InChI is InChI=1S/C18H18N2O3S/c1-3-20(2)18(21)13-6-4-7-15(10-13)22-11-14-12-23-17(19-14)16-8-5-9-24-16/h4-10,12H,3,11H2,1-2H3. The number of aromatic nitrogens is 1. The van der Waals surface area contributed by atoms with Crippen LogP contribution < -0.4 is 4.74 Å². The molecular weight excluding hydrogens is 324 g/mol. The first-order chi connectivity index (χ1) is 11.7. The predicted octanol–water partition coefficient (Wildman–Crippen LogP) is 4.07. The maximum Gasteiger partial charge on any atom is 0.253 e. The third-order valence-electron chi connectivity index (χ3n) is 3.57. The van der Waals surface area contributed by atoms with Crippen molar-refractivity contribution in [2.45, 2.75) is 13.5 Å². The van der Waals surface area contributed by atoms with Gasteiger partial charge in [0.05, 0.1) is 4.88 Å². The van der Waals surface area contributed by atoms with Crippen molar-refractivity contribution in [1.29, 1.82) is 0 Å². The van der Waals surface area contributed by atoms with Crippen LogP contribution in [-0.2, 0) is 6.61 Å². The van der Waals surface area contributed by atoms with Crippen LogP contribution in [0.15, 0.2) is 52.5 Å². The van der Waals surface area contributed by atoms with Crippen molar-refractivity contribution in [3.05, 3.63) is 59.3 Å². The molecule has 0 saturated carbocycles. The smallest absolute Gasteiger partial charge is 0.253 e. The summed E-state index contributed by atoms with van der Waals surface area (Å²) in [6, 6.07) is 11.1. The van der Waals surface area contributed by atoms with E-state index < -0.39 is 0 Å². The highest BCUT2D eigenvalue weighted by atomic mass is 32.1. The number of rotatable bonds is 6. The Labute approximate surface area is 144 Å². The highest BCUT2D eigenvalue weighted by Gasteiger charge is 2.11. The maximum atomic E-state index is 12.2. The van der Waals surface area contributed by atoms with E-state index in [9.17, 15) is 4.79 Å². The molecule has 0 N–H and O–H groups in total. The number of hydrogen-bond acceptors (Lipinski definition) is 5. The van der Waals surface area contributed by atoms with Gasteiger partial charge < -0.3 is 14.1 Å². The Morgan fingerprint density at radius 3 is 2.96 bits per heavy atom. The number of oxazole rings is 1. The minimum atomic E-state index is -0.0237. The van der Waals surface area contributed by atoms with E-state index in [0.717, 1.165) is 4.88 Å². The molecule has 0 unspecified atom stereocenters. The van der Waals surface area contributed by atoms with E-state index in [4.69, 9.17) is 9.15 Å². The van der Waals surface area contributed by atoms with Crippen molar-refractivity contribution in [1.82, 2.24) is 9.88 Å². The van der Waals surface area contributed by atoms with Crippen LogP contribution in [0.1, 0.15) is 23.0 Å². The summed E-state index contributed by atoms with van der Waals surface area (Å²) in [5.41, 5.74) is 1.32. The highest BCUT2D eigenvalue weighted by molar-refractivity contribution is 7.13. The second-order valence-electron chi connectivity index (χ2n) is 5.26. The Balaban J connectivity index is 1.66. The lowest BCUT2D eigenvalue weighted by atomic mass is 10.2. The Morgan fingerprint density at radius 2 is 2.21 bits per heavy atom. The van der Waals surface area contributed by atoms with Crippen molar-refractivity contribution >= 4 is 17.2 Å². The number of nitrogens with zero attached hydrogens (tertiary/aromatic N) is 2. The predicted molar refractivity (Wildman–Crippen MR) is 93.2 cm³/mol. The van der Waals surface area contributed by atoms with Gasteiger partial charge in [0, 0.05) is 19.2 Å². The molecule has 0 aliphatic carbocycles. The average Bonchev–Trinajstić information content (AvgIpc) is 3.30. The molecule has 0 bridgehead atoms. The van der Waals surface area contributed by atoms with Crippen LogP contribution in [-0.4, -0.2) is 29.4 Å². The summed E-state index contributed by atoms with van der Waals surface area (Å²) >= 11 is 1.57. The molecular formula is C18H18N2O3S. The second kappa shape index (κ2) is 7.31. The van der Waals surface area contributed by atoms with Gasteiger partial charge in [-0.3, -0.25) is 4.79 Å². The van der Waals surface area contributed by atoms with Crippen LogP contribution in [0.3, 0.4) is 0 Å². The first-order valence-corrected chi connectivity index (χ1v) is 8.52. The van der Waals surface area contributed by atoms with E-state index >= 15 is 0 Å². The minimum absolute atomic E-state index is 0.0237. The molecule has 2 aromatic heterocycles. The quantitative estimate of drug-likeness (QED) is 0.677. The van der Waals surface area contributed by atoms with Gasteiger partial charge in [0.15, 0.2) is 0 Å². The normalized spacial score (nSPS) is 10.6. The van der Waals surface area contributed by atoms with Gasteiger partial charge in [0.2, 0.25) is 5.89 Å². The van der Waals surface area contributed by atoms with E-state index in [1.807, 2.05) is 36.6 Å².